The molecule has 1 fully saturated rings. The zero-order chi connectivity index (χ0) is 26.2. The van der Waals surface area contributed by atoms with Gasteiger partial charge in [-0.15, -0.1) is 12.6 Å². The smallest absolute Gasteiger partial charge is 0.305 e. The highest BCUT2D eigenvalue weighted by molar-refractivity contribution is 8.14. The summed E-state index contributed by atoms with van der Waals surface area (Å²) in [5.41, 5.74) is 2.72. The van der Waals surface area contributed by atoms with Crippen molar-refractivity contribution in [3.63, 3.8) is 0 Å². The van der Waals surface area contributed by atoms with E-state index in [-0.39, 0.29) is 12.3 Å². The van der Waals surface area contributed by atoms with E-state index in [9.17, 15) is 14.7 Å². The van der Waals surface area contributed by atoms with Crippen LogP contribution in [0.25, 0.3) is 0 Å². The topological polar surface area (TPSA) is 76.5 Å². The van der Waals surface area contributed by atoms with Crippen LogP contribution in [0.3, 0.4) is 0 Å². The first-order valence-electron chi connectivity index (χ1n) is 11.6. The van der Waals surface area contributed by atoms with Gasteiger partial charge in [0.25, 0.3) is 0 Å². The molecule has 0 spiro atoms. The van der Waals surface area contributed by atoms with Crippen molar-refractivity contribution in [3.8, 4) is 0 Å². The number of carbonyl (C=O) groups is 2. The van der Waals surface area contributed by atoms with Crippen LogP contribution in [0.15, 0.2) is 75.0 Å². The highest BCUT2D eigenvalue weighted by atomic mass is 35.5. The average molecular weight is 547 g/mol. The Hall–Kier alpha value is -2.46. The number of nitrogens with zero attached hydrogens (tertiary/aromatic N) is 4. The molecule has 1 N–H and O–H groups in total. The molecule has 1 aromatic rings. The molecule has 192 valence electrons. The summed E-state index contributed by atoms with van der Waals surface area (Å²) in [5, 5.41) is 10.1. The Kier molecular flexibility index (Phi) is 10.3. The minimum atomic E-state index is -1.02. The van der Waals surface area contributed by atoms with E-state index in [0.717, 1.165) is 30.1 Å². The summed E-state index contributed by atoms with van der Waals surface area (Å²) in [6.45, 7) is 8.93. The van der Waals surface area contributed by atoms with E-state index < -0.39 is 12.0 Å². The summed E-state index contributed by atoms with van der Waals surface area (Å²) < 4.78 is 2.40. The number of hydrogen-bond acceptors (Lipinski definition) is 7. The first kappa shape index (κ1) is 28.1. The van der Waals surface area contributed by atoms with E-state index >= 15 is 0 Å². The van der Waals surface area contributed by atoms with E-state index in [2.05, 4.69) is 29.1 Å². The van der Waals surface area contributed by atoms with Gasteiger partial charge in [-0.1, -0.05) is 54.6 Å². The number of carboxylic acid groups (broad SMARTS) is 1. The fourth-order valence-corrected chi connectivity index (χ4v) is 5.35. The fourth-order valence-electron chi connectivity index (χ4n) is 3.90. The molecule has 3 rings (SSSR count). The Bertz CT molecular complexity index is 1110. The Morgan fingerprint density at radius 2 is 2.00 bits per heavy atom. The van der Waals surface area contributed by atoms with Gasteiger partial charge in [-0.2, -0.15) is 0 Å². The Morgan fingerprint density at radius 1 is 1.28 bits per heavy atom. The lowest BCUT2D eigenvalue weighted by molar-refractivity contribution is -0.146. The molecular weight excluding hydrogens is 516 g/mol. The molecule has 2 heterocycles. The second-order valence-electron chi connectivity index (χ2n) is 8.49. The second-order valence-corrected chi connectivity index (χ2v) is 10.8. The quantitative estimate of drug-likeness (QED) is 0.255. The molecular formula is C26H31ClN4O3S2. The zero-order valence-electron chi connectivity index (χ0n) is 20.4. The number of amidine groups is 1. The Morgan fingerprint density at radius 3 is 2.61 bits per heavy atom. The number of aliphatic imine (C=N–C) groups is 1. The predicted molar refractivity (Wildman–Crippen MR) is 151 cm³/mol. The van der Waals surface area contributed by atoms with Gasteiger partial charge < -0.3 is 14.9 Å². The molecule has 2 aliphatic heterocycles. The summed E-state index contributed by atoms with van der Waals surface area (Å²) in [6, 6.07) is 7.24. The van der Waals surface area contributed by atoms with Gasteiger partial charge in [0, 0.05) is 43.8 Å². The van der Waals surface area contributed by atoms with Crippen LogP contribution in [0.5, 0.6) is 0 Å². The molecule has 10 heteroatoms. The fraction of sp³-hybridized carbons (Fsp3) is 0.346. The molecule has 2 aliphatic rings. The molecule has 0 saturated carbocycles. The number of thiol groups is 1. The molecule has 0 aliphatic carbocycles. The average Bonchev–Trinajstić information content (AvgIpc) is 3.27. The Balaban J connectivity index is 1.66. The number of hydrogen-bond donors (Lipinski definition) is 2. The van der Waals surface area contributed by atoms with E-state index in [1.807, 2.05) is 38.2 Å². The van der Waals surface area contributed by atoms with Crippen molar-refractivity contribution in [2.75, 3.05) is 33.2 Å². The minimum absolute atomic E-state index is 0.208. The van der Waals surface area contributed by atoms with E-state index in [1.54, 1.807) is 33.5 Å². The molecule has 0 radical (unpaired) electrons. The molecule has 1 unspecified atom stereocenters. The van der Waals surface area contributed by atoms with E-state index in [4.69, 9.17) is 11.6 Å². The molecule has 1 amide bonds. The molecule has 7 nitrogen and oxygen atoms in total. The lowest BCUT2D eigenvalue weighted by Gasteiger charge is -2.39. The van der Waals surface area contributed by atoms with Gasteiger partial charge in [0.2, 0.25) is 5.91 Å². The SMILES string of the molecule is C=C(/C=C\C(Cl)=C/C)/C=C(\S)SN1CCN(Cc2ccc(C3=NCCN3C)cc2)C(=O)C1CC(=O)O. The zero-order valence-corrected chi connectivity index (χ0v) is 22.9. The van der Waals surface area contributed by atoms with E-state index in [1.165, 1.54) is 11.9 Å². The number of rotatable bonds is 10. The van der Waals surface area contributed by atoms with Gasteiger partial charge >= 0.3 is 5.97 Å². The number of halogens is 1. The van der Waals surface area contributed by atoms with Crippen molar-refractivity contribution in [2.24, 2.45) is 4.99 Å². The van der Waals surface area contributed by atoms with Crippen molar-refractivity contribution in [1.29, 1.82) is 0 Å². The molecule has 1 saturated heterocycles. The standard InChI is InChI=1S/C26H31ClN4O3S2/c1-4-21(27)10-5-18(2)15-24(35)36-31-14-13-30(26(34)22(31)16-23(32)33)17-19-6-8-20(9-7-19)25-28-11-12-29(25)3/h4-10,15,22,35H,2,11-14,16-17H2,1,3H3,(H,32,33)/b10-5-,21-4+,24-15+. The van der Waals surface area contributed by atoms with Crippen LogP contribution in [0, 0.1) is 0 Å². The number of piperazine rings is 1. The van der Waals surface area contributed by atoms with Crippen LogP contribution in [0.2, 0.25) is 0 Å². The first-order chi connectivity index (χ1) is 17.2. The predicted octanol–water partition coefficient (Wildman–Crippen LogP) is 4.54. The van der Waals surface area contributed by atoms with Crippen molar-refractivity contribution >= 4 is 53.9 Å². The maximum absolute atomic E-state index is 13.3. The molecule has 0 aromatic heterocycles. The van der Waals surface area contributed by atoms with Crippen molar-refractivity contribution < 1.29 is 14.7 Å². The third-order valence-corrected chi connectivity index (χ3v) is 7.49. The van der Waals surface area contributed by atoms with Gasteiger partial charge in [0.1, 0.15) is 11.9 Å². The van der Waals surface area contributed by atoms with Crippen LogP contribution in [0.1, 0.15) is 24.5 Å². The molecule has 1 atom stereocenters. The minimum Gasteiger partial charge on any atom is -0.481 e. The maximum atomic E-state index is 13.3. The van der Waals surface area contributed by atoms with E-state index in [0.29, 0.717) is 34.5 Å². The van der Waals surface area contributed by atoms with Gasteiger partial charge in [0.15, 0.2) is 0 Å². The van der Waals surface area contributed by atoms with Gasteiger partial charge in [-0.3, -0.25) is 14.6 Å². The number of benzene rings is 1. The molecule has 0 bridgehead atoms. The number of likely N-dealkylation sites (N-methyl/N-ethyl adjacent to an activating group) is 1. The summed E-state index contributed by atoms with van der Waals surface area (Å²) in [6.07, 6.45) is 6.73. The summed E-state index contributed by atoms with van der Waals surface area (Å²) in [7, 11) is 2.02. The number of amides is 1. The normalized spacial score (nSPS) is 19.8. The highest BCUT2D eigenvalue weighted by Crippen LogP contribution is 2.31. The van der Waals surface area contributed by atoms with Crippen molar-refractivity contribution in [1.82, 2.24) is 14.1 Å². The monoisotopic (exact) mass is 546 g/mol. The lowest BCUT2D eigenvalue weighted by atomic mass is 10.1. The summed E-state index contributed by atoms with van der Waals surface area (Å²) >= 11 is 11.7. The van der Waals surface area contributed by atoms with Crippen molar-refractivity contribution in [3.05, 3.63) is 81.1 Å². The number of carbonyl (C=O) groups excluding carboxylic acids is 1. The van der Waals surface area contributed by atoms with Gasteiger partial charge in [-0.25, -0.2) is 4.31 Å². The number of allylic oxidation sites excluding steroid dienone is 6. The maximum Gasteiger partial charge on any atom is 0.305 e. The Labute approximate surface area is 227 Å². The largest absolute Gasteiger partial charge is 0.481 e. The van der Waals surface area contributed by atoms with Crippen LogP contribution in [-0.2, 0) is 16.1 Å². The highest BCUT2D eigenvalue weighted by Gasteiger charge is 2.37. The number of aliphatic carboxylic acids is 1. The van der Waals surface area contributed by atoms with Crippen LogP contribution >= 0.6 is 36.2 Å². The summed E-state index contributed by atoms with van der Waals surface area (Å²) in [4.78, 5) is 33.2. The van der Waals surface area contributed by atoms with Crippen LogP contribution in [0.4, 0.5) is 0 Å². The van der Waals surface area contributed by atoms with Gasteiger partial charge in [-0.05, 0) is 42.2 Å². The lowest BCUT2D eigenvalue weighted by Crippen LogP contribution is -2.54. The van der Waals surface area contributed by atoms with Gasteiger partial charge in [0.05, 0.1) is 17.2 Å². The van der Waals surface area contributed by atoms with Crippen LogP contribution in [-0.4, -0.2) is 76.2 Å². The molecule has 1 aromatic carbocycles. The third-order valence-electron chi connectivity index (χ3n) is 5.80. The molecule has 36 heavy (non-hydrogen) atoms. The van der Waals surface area contributed by atoms with Crippen LogP contribution < -0.4 is 0 Å². The second kappa shape index (κ2) is 13.2. The third kappa shape index (κ3) is 7.77. The number of carboxylic acids is 1. The summed E-state index contributed by atoms with van der Waals surface area (Å²) in [5.74, 6) is -0.256. The first-order valence-corrected chi connectivity index (χ1v) is 13.2. The van der Waals surface area contributed by atoms with Crippen molar-refractivity contribution in [2.45, 2.75) is 25.9 Å².